The molecule has 4 saturated carbocycles. The van der Waals surface area contributed by atoms with Crippen LogP contribution in [0.1, 0.15) is 44.1 Å². The normalized spacial score (nSPS) is 32.2. The van der Waals surface area contributed by atoms with Gasteiger partial charge in [0.1, 0.15) is 12.7 Å². The molecular weight excluding hydrogens is 390 g/mol. The van der Waals surface area contributed by atoms with E-state index in [1.54, 1.807) is 24.8 Å². The molecule has 2 N–H and O–H groups in total. The first-order valence-electron chi connectivity index (χ1n) is 10.2. The Bertz CT molecular complexity index is 913. The van der Waals surface area contributed by atoms with E-state index in [0.29, 0.717) is 16.9 Å². The van der Waals surface area contributed by atoms with E-state index in [-0.39, 0.29) is 23.8 Å². The number of rotatable bonds is 4. The average Bonchev–Trinajstić information content (AvgIpc) is 3.23. The van der Waals surface area contributed by atoms with E-state index < -0.39 is 5.41 Å². The Kier molecular flexibility index (Phi) is 4.38. The van der Waals surface area contributed by atoms with Crippen molar-refractivity contribution in [2.24, 2.45) is 17.3 Å². The number of amides is 2. The van der Waals surface area contributed by atoms with Crippen LogP contribution in [0.15, 0.2) is 36.9 Å². The minimum absolute atomic E-state index is 0.0689. The van der Waals surface area contributed by atoms with Crippen molar-refractivity contribution >= 4 is 23.4 Å². The average molecular weight is 414 g/mol. The summed E-state index contributed by atoms with van der Waals surface area (Å²) < 4.78 is 1.98. The summed E-state index contributed by atoms with van der Waals surface area (Å²) >= 11 is 5.88. The quantitative estimate of drug-likeness (QED) is 0.754. The number of hydrogen-bond donors (Lipinski definition) is 2. The van der Waals surface area contributed by atoms with E-state index in [4.69, 9.17) is 11.6 Å². The Balaban J connectivity index is 1.27. The van der Waals surface area contributed by atoms with Crippen molar-refractivity contribution in [1.29, 1.82) is 0 Å². The van der Waals surface area contributed by atoms with Crippen LogP contribution in [0, 0.1) is 17.3 Å². The third-order valence-electron chi connectivity index (χ3n) is 7.01. The number of hydrogen-bond acceptors (Lipinski definition) is 4. The summed E-state index contributed by atoms with van der Waals surface area (Å²) in [5.41, 5.74) is 5.62. The zero-order valence-corrected chi connectivity index (χ0v) is 16.9. The van der Waals surface area contributed by atoms with E-state index in [1.807, 2.05) is 16.8 Å². The number of benzene rings is 1. The van der Waals surface area contributed by atoms with Gasteiger partial charge >= 0.3 is 0 Å². The molecule has 0 aliphatic heterocycles. The molecule has 2 aromatic rings. The van der Waals surface area contributed by atoms with Crippen molar-refractivity contribution in [3.8, 4) is 0 Å². The molecule has 152 valence electrons. The maximum absolute atomic E-state index is 13.2. The van der Waals surface area contributed by atoms with Gasteiger partial charge in [-0.15, -0.1) is 0 Å². The maximum Gasteiger partial charge on any atom is 0.244 e. The van der Waals surface area contributed by atoms with Gasteiger partial charge in [-0.3, -0.25) is 20.4 Å². The molecule has 1 aromatic carbocycles. The highest BCUT2D eigenvalue weighted by Crippen LogP contribution is 2.64. The summed E-state index contributed by atoms with van der Waals surface area (Å²) in [5.74, 6) is 0.740. The minimum Gasteiger partial charge on any atom is -0.273 e. The van der Waals surface area contributed by atoms with Crippen LogP contribution in [-0.2, 0) is 21.5 Å². The van der Waals surface area contributed by atoms with Gasteiger partial charge < -0.3 is 0 Å². The van der Waals surface area contributed by atoms with Crippen molar-refractivity contribution < 1.29 is 9.59 Å². The van der Waals surface area contributed by atoms with Crippen LogP contribution >= 0.6 is 11.6 Å². The highest BCUT2D eigenvalue weighted by molar-refractivity contribution is 6.30. The molecule has 2 amide bonds. The molecule has 8 heteroatoms. The van der Waals surface area contributed by atoms with Crippen LogP contribution in [0.3, 0.4) is 0 Å². The fourth-order valence-corrected chi connectivity index (χ4v) is 6.42. The molecule has 4 aliphatic rings. The number of nitrogens with zero attached hydrogens (tertiary/aromatic N) is 3. The smallest absolute Gasteiger partial charge is 0.244 e. The van der Waals surface area contributed by atoms with Crippen LogP contribution < -0.4 is 10.9 Å². The van der Waals surface area contributed by atoms with Gasteiger partial charge in [0.15, 0.2) is 0 Å². The molecule has 0 spiro atoms. The Morgan fingerprint density at radius 1 is 1.10 bits per heavy atom. The van der Waals surface area contributed by atoms with Crippen molar-refractivity contribution in [3.05, 3.63) is 47.5 Å². The molecule has 2 unspecified atom stereocenters. The summed E-state index contributed by atoms with van der Waals surface area (Å²) in [6.45, 7) is 0. The van der Waals surface area contributed by atoms with Crippen molar-refractivity contribution in [2.45, 2.75) is 50.5 Å². The summed E-state index contributed by atoms with van der Waals surface area (Å²) in [5, 5.41) is 5.05. The number of aromatic nitrogens is 3. The zero-order valence-electron chi connectivity index (χ0n) is 16.1. The molecule has 0 saturated heterocycles. The predicted octanol–water partition coefficient (Wildman–Crippen LogP) is 2.62. The predicted molar refractivity (Wildman–Crippen MR) is 107 cm³/mol. The molecule has 1 aromatic heterocycles. The van der Waals surface area contributed by atoms with Gasteiger partial charge in [0.2, 0.25) is 11.8 Å². The number of halogens is 1. The lowest BCUT2D eigenvalue weighted by Gasteiger charge is -2.60. The Morgan fingerprint density at radius 2 is 1.83 bits per heavy atom. The lowest BCUT2D eigenvalue weighted by Crippen LogP contribution is -2.62. The number of nitrogens with one attached hydrogen (secondary N) is 2. The van der Waals surface area contributed by atoms with Crippen LogP contribution in [0.4, 0.5) is 0 Å². The van der Waals surface area contributed by atoms with Crippen LogP contribution in [-0.4, -0.2) is 26.6 Å². The van der Waals surface area contributed by atoms with Crippen LogP contribution in [0.2, 0.25) is 5.02 Å². The van der Waals surface area contributed by atoms with Gasteiger partial charge in [-0.2, -0.15) is 5.10 Å². The monoisotopic (exact) mass is 413 g/mol. The molecule has 4 bridgehead atoms. The highest BCUT2D eigenvalue weighted by atomic mass is 35.5. The highest BCUT2D eigenvalue weighted by Gasteiger charge is 2.61. The maximum atomic E-state index is 13.2. The fourth-order valence-electron chi connectivity index (χ4n) is 6.29. The second-order valence-electron chi connectivity index (χ2n) is 9.11. The molecule has 4 aliphatic carbocycles. The summed E-state index contributed by atoms with van der Waals surface area (Å²) in [6, 6.07) is 7.12. The summed E-state index contributed by atoms with van der Waals surface area (Å²) in [6.07, 6.45) is 9.39. The second-order valence-corrected chi connectivity index (χ2v) is 9.55. The lowest BCUT2D eigenvalue weighted by atomic mass is 9.46. The molecular formula is C21H24ClN5O2. The van der Waals surface area contributed by atoms with Gasteiger partial charge in [-0.25, -0.2) is 9.67 Å². The molecule has 4 atom stereocenters. The SMILES string of the molecule is O=C(Cc1ccc(Cl)cc1)NNC(=O)C12C[C@H]3C[C@@H](C1)CC(n1cncn1)(C3)C2. The molecule has 7 nitrogen and oxygen atoms in total. The van der Waals surface area contributed by atoms with Gasteiger partial charge in [0, 0.05) is 5.02 Å². The zero-order chi connectivity index (χ0) is 20.1. The van der Waals surface area contributed by atoms with E-state index in [0.717, 1.165) is 37.7 Å². The number of carbonyl (C=O) groups is 2. The topological polar surface area (TPSA) is 88.9 Å². The number of carbonyl (C=O) groups excluding carboxylic acids is 2. The Hall–Kier alpha value is -2.41. The second kappa shape index (κ2) is 6.83. The van der Waals surface area contributed by atoms with Gasteiger partial charge in [0.05, 0.1) is 17.4 Å². The number of hydrazine groups is 1. The van der Waals surface area contributed by atoms with Gasteiger partial charge in [0.25, 0.3) is 0 Å². The van der Waals surface area contributed by atoms with Crippen molar-refractivity contribution in [1.82, 2.24) is 25.6 Å². The largest absolute Gasteiger partial charge is 0.273 e. The van der Waals surface area contributed by atoms with Crippen molar-refractivity contribution in [3.63, 3.8) is 0 Å². The van der Waals surface area contributed by atoms with E-state index in [9.17, 15) is 9.59 Å². The third-order valence-corrected chi connectivity index (χ3v) is 7.26. The third kappa shape index (κ3) is 3.31. The fraction of sp³-hybridized carbons (Fsp3) is 0.524. The first kappa shape index (κ1) is 18.6. The summed E-state index contributed by atoms with van der Waals surface area (Å²) in [7, 11) is 0. The Labute approximate surface area is 174 Å². The van der Waals surface area contributed by atoms with E-state index in [2.05, 4.69) is 20.9 Å². The molecule has 6 rings (SSSR count). The first-order valence-corrected chi connectivity index (χ1v) is 10.5. The molecule has 0 radical (unpaired) electrons. The first-order chi connectivity index (χ1) is 14.0. The molecule has 1 heterocycles. The van der Waals surface area contributed by atoms with Gasteiger partial charge in [-0.1, -0.05) is 23.7 Å². The molecule has 29 heavy (non-hydrogen) atoms. The Morgan fingerprint density at radius 3 is 2.48 bits per heavy atom. The summed E-state index contributed by atoms with van der Waals surface area (Å²) in [4.78, 5) is 29.7. The minimum atomic E-state index is -0.441. The van der Waals surface area contributed by atoms with E-state index >= 15 is 0 Å². The van der Waals surface area contributed by atoms with Crippen LogP contribution in [0.25, 0.3) is 0 Å². The van der Waals surface area contributed by atoms with E-state index in [1.165, 1.54) is 6.42 Å². The molecule has 4 fully saturated rings. The van der Waals surface area contributed by atoms with Gasteiger partial charge in [-0.05, 0) is 68.1 Å². The van der Waals surface area contributed by atoms with Crippen LogP contribution in [0.5, 0.6) is 0 Å². The standard InChI is InChI=1S/C21H24ClN5O2/c22-17-3-1-14(2-4-17)6-18(28)25-26-19(29)20-7-15-5-16(8-20)10-21(9-15,11-20)27-13-23-12-24-27/h1-4,12-13,15-16H,5-11H2,(H,25,28)(H,26,29)/t15-,16+,20?,21?. The lowest BCUT2D eigenvalue weighted by molar-refractivity contribution is -0.158. The van der Waals surface area contributed by atoms with Crippen molar-refractivity contribution in [2.75, 3.05) is 0 Å².